The van der Waals surface area contributed by atoms with Crippen molar-refractivity contribution in [3.8, 4) is 0 Å². The SMILES string of the molecule is CC[C@H](C)NC(=O)COC(=O)c1cccc(NC(=O)C[C@H]2SC(N(CC)CC)=NC2=O)c1. The van der Waals surface area contributed by atoms with Gasteiger partial charge in [-0.1, -0.05) is 24.8 Å². The summed E-state index contributed by atoms with van der Waals surface area (Å²) < 4.78 is 5.04. The van der Waals surface area contributed by atoms with Crippen LogP contribution in [0.1, 0.15) is 50.9 Å². The average Bonchev–Trinajstić information content (AvgIpc) is 3.12. The van der Waals surface area contributed by atoms with Crippen LogP contribution in [0.25, 0.3) is 0 Å². The topological polar surface area (TPSA) is 117 Å². The van der Waals surface area contributed by atoms with E-state index in [0.717, 1.165) is 19.5 Å². The Labute approximate surface area is 192 Å². The molecule has 0 saturated heterocycles. The molecule has 2 rings (SSSR count). The van der Waals surface area contributed by atoms with Gasteiger partial charge >= 0.3 is 5.97 Å². The molecule has 1 aliphatic heterocycles. The number of carbonyl (C=O) groups is 4. The molecule has 9 nitrogen and oxygen atoms in total. The molecule has 0 bridgehead atoms. The minimum absolute atomic E-state index is 0.00171. The second kappa shape index (κ2) is 12.2. The summed E-state index contributed by atoms with van der Waals surface area (Å²) in [7, 11) is 0. The summed E-state index contributed by atoms with van der Waals surface area (Å²) in [6, 6.07) is 6.23. The van der Waals surface area contributed by atoms with Gasteiger partial charge in [0, 0.05) is 31.2 Å². The van der Waals surface area contributed by atoms with Crippen molar-refractivity contribution in [3.63, 3.8) is 0 Å². The highest BCUT2D eigenvalue weighted by molar-refractivity contribution is 8.15. The predicted octanol–water partition coefficient (Wildman–Crippen LogP) is 2.43. The predicted molar refractivity (Wildman–Crippen MR) is 125 cm³/mol. The largest absolute Gasteiger partial charge is 0.452 e. The number of thioether (sulfide) groups is 1. The van der Waals surface area contributed by atoms with Crippen LogP contribution in [0.3, 0.4) is 0 Å². The molecule has 3 amide bonds. The number of rotatable bonds is 10. The Kier molecular flexibility index (Phi) is 9.70. The molecule has 1 aromatic carbocycles. The molecule has 1 heterocycles. The van der Waals surface area contributed by atoms with Crippen molar-refractivity contribution in [2.45, 2.75) is 51.8 Å². The molecule has 2 atom stereocenters. The van der Waals surface area contributed by atoms with Crippen molar-refractivity contribution in [2.24, 2.45) is 4.99 Å². The number of hydrogen-bond donors (Lipinski definition) is 2. The number of amidine groups is 1. The molecule has 1 aliphatic rings. The minimum Gasteiger partial charge on any atom is -0.452 e. The van der Waals surface area contributed by atoms with E-state index >= 15 is 0 Å². The van der Waals surface area contributed by atoms with Crippen LogP contribution in [-0.4, -0.2) is 64.7 Å². The maximum atomic E-state index is 12.4. The Bertz CT molecular complexity index is 885. The molecular weight excluding hydrogens is 432 g/mol. The van der Waals surface area contributed by atoms with E-state index in [4.69, 9.17) is 4.74 Å². The van der Waals surface area contributed by atoms with E-state index in [9.17, 15) is 19.2 Å². The molecule has 10 heteroatoms. The van der Waals surface area contributed by atoms with Crippen LogP contribution in [0.5, 0.6) is 0 Å². The molecule has 0 fully saturated rings. The van der Waals surface area contributed by atoms with Crippen LogP contribution in [0.4, 0.5) is 5.69 Å². The number of anilines is 1. The van der Waals surface area contributed by atoms with E-state index in [-0.39, 0.29) is 42.4 Å². The van der Waals surface area contributed by atoms with Crippen LogP contribution < -0.4 is 10.6 Å². The molecule has 0 spiro atoms. The first kappa shape index (κ1) is 25.4. The summed E-state index contributed by atoms with van der Waals surface area (Å²) in [5, 5.41) is 5.49. The summed E-state index contributed by atoms with van der Waals surface area (Å²) in [6.45, 7) is 8.85. The molecule has 174 valence electrons. The summed E-state index contributed by atoms with van der Waals surface area (Å²) in [6.07, 6.45) is 0.748. The van der Waals surface area contributed by atoms with Crippen molar-refractivity contribution in [2.75, 3.05) is 25.0 Å². The van der Waals surface area contributed by atoms with Crippen LogP contribution in [0, 0.1) is 0 Å². The lowest BCUT2D eigenvalue weighted by Crippen LogP contribution is -2.35. The highest BCUT2D eigenvalue weighted by Gasteiger charge is 2.32. The maximum absolute atomic E-state index is 12.4. The minimum atomic E-state index is -0.667. The van der Waals surface area contributed by atoms with E-state index < -0.39 is 11.2 Å². The number of benzene rings is 1. The zero-order chi connectivity index (χ0) is 23.7. The highest BCUT2D eigenvalue weighted by Crippen LogP contribution is 2.27. The number of aliphatic imine (C=N–C) groups is 1. The van der Waals surface area contributed by atoms with Gasteiger partial charge in [-0.15, -0.1) is 0 Å². The smallest absolute Gasteiger partial charge is 0.338 e. The van der Waals surface area contributed by atoms with Gasteiger partial charge in [0.1, 0.15) is 5.25 Å². The van der Waals surface area contributed by atoms with Crippen molar-refractivity contribution < 1.29 is 23.9 Å². The van der Waals surface area contributed by atoms with Crippen LogP contribution >= 0.6 is 11.8 Å². The summed E-state index contributed by atoms with van der Waals surface area (Å²) in [5.41, 5.74) is 0.603. The quantitative estimate of drug-likeness (QED) is 0.513. The van der Waals surface area contributed by atoms with Gasteiger partial charge in [-0.3, -0.25) is 14.4 Å². The second-order valence-corrected chi connectivity index (χ2v) is 8.47. The number of amides is 3. The van der Waals surface area contributed by atoms with Gasteiger partial charge in [-0.05, 0) is 45.4 Å². The van der Waals surface area contributed by atoms with Crippen molar-refractivity contribution in [1.29, 1.82) is 0 Å². The Morgan fingerprint density at radius 3 is 2.56 bits per heavy atom. The first-order valence-electron chi connectivity index (χ1n) is 10.7. The molecule has 0 saturated carbocycles. The lowest BCUT2D eigenvalue weighted by atomic mass is 10.2. The zero-order valence-electron chi connectivity index (χ0n) is 18.8. The molecule has 32 heavy (non-hydrogen) atoms. The third-order valence-corrected chi connectivity index (χ3v) is 6.08. The first-order chi connectivity index (χ1) is 15.3. The lowest BCUT2D eigenvalue weighted by Gasteiger charge is -2.19. The van der Waals surface area contributed by atoms with Crippen molar-refractivity contribution >= 4 is 46.3 Å². The van der Waals surface area contributed by atoms with E-state index in [1.807, 2.05) is 32.6 Å². The number of nitrogens with zero attached hydrogens (tertiary/aromatic N) is 2. The normalized spacial score (nSPS) is 16.2. The molecule has 0 unspecified atom stereocenters. The van der Waals surface area contributed by atoms with Gasteiger partial charge in [0.25, 0.3) is 11.8 Å². The van der Waals surface area contributed by atoms with Gasteiger partial charge in [0.2, 0.25) is 5.91 Å². The van der Waals surface area contributed by atoms with Gasteiger partial charge in [-0.2, -0.15) is 4.99 Å². The molecule has 1 aromatic rings. The van der Waals surface area contributed by atoms with E-state index in [2.05, 4.69) is 15.6 Å². The average molecular weight is 463 g/mol. The van der Waals surface area contributed by atoms with E-state index in [0.29, 0.717) is 10.9 Å². The Hall–Kier alpha value is -2.88. The first-order valence-corrected chi connectivity index (χ1v) is 11.6. The number of hydrogen-bond acceptors (Lipinski definition) is 7. The van der Waals surface area contributed by atoms with Gasteiger partial charge in [-0.25, -0.2) is 4.79 Å². The fourth-order valence-corrected chi connectivity index (χ4v) is 4.07. The Balaban J connectivity index is 1.88. The number of nitrogens with one attached hydrogen (secondary N) is 2. The lowest BCUT2D eigenvalue weighted by molar-refractivity contribution is -0.124. The third kappa shape index (κ3) is 7.37. The third-order valence-electron chi connectivity index (χ3n) is 4.87. The molecular formula is C22H30N4O5S. The van der Waals surface area contributed by atoms with Gasteiger partial charge < -0.3 is 20.3 Å². The summed E-state index contributed by atoms with van der Waals surface area (Å²) >= 11 is 1.29. The number of ether oxygens (including phenoxy) is 1. The van der Waals surface area contributed by atoms with Gasteiger partial charge in [0.05, 0.1) is 5.56 Å². The van der Waals surface area contributed by atoms with E-state index in [1.54, 1.807) is 12.1 Å². The molecule has 0 aliphatic carbocycles. The standard InChI is InChI=1S/C22H30N4O5S/c1-5-14(4)23-19(28)13-31-21(30)15-9-8-10-16(11-15)24-18(27)12-17-20(29)25-22(32-17)26(6-2)7-3/h8-11,14,17H,5-7,12-13H2,1-4H3,(H,23,28)(H,24,27)/t14-,17+/m0/s1. The zero-order valence-corrected chi connectivity index (χ0v) is 19.7. The molecule has 0 aromatic heterocycles. The van der Waals surface area contributed by atoms with Gasteiger partial charge in [0.15, 0.2) is 11.8 Å². The summed E-state index contributed by atoms with van der Waals surface area (Å²) in [4.78, 5) is 54.6. The van der Waals surface area contributed by atoms with Crippen LogP contribution in [0.2, 0.25) is 0 Å². The fraction of sp³-hybridized carbons (Fsp3) is 0.500. The Morgan fingerprint density at radius 1 is 1.19 bits per heavy atom. The monoisotopic (exact) mass is 462 g/mol. The maximum Gasteiger partial charge on any atom is 0.338 e. The molecule has 2 N–H and O–H groups in total. The van der Waals surface area contributed by atoms with E-state index in [1.165, 1.54) is 23.9 Å². The van der Waals surface area contributed by atoms with Crippen LogP contribution in [-0.2, 0) is 19.1 Å². The summed E-state index contributed by atoms with van der Waals surface area (Å²) in [5.74, 6) is -1.72. The number of carbonyl (C=O) groups excluding carboxylic acids is 4. The number of esters is 1. The van der Waals surface area contributed by atoms with Crippen molar-refractivity contribution in [1.82, 2.24) is 10.2 Å². The van der Waals surface area contributed by atoms with Crippen molar-refractivity contribution in [3.05, 3.63) is 29.8 Å². The Morgan fingerprint density at radius 2 is 1.91 bits per heavy atom. The van der Waals surface area contributed by atoms with Crippen LogP contribution in [0.15, 0.2) is 29.3 Å². The fourth-order valence-electron chi connectivity index (χ4n) is 2.88. The molecule has 0 radical (unpaired) electrons. The second-order valence-electron chi connectivity index (χ2n) is 7.30. The highest BCUT2D eigenvalue weighted by atomic mass is 32.2.